The van der Waals surface area contributed by atoms with Gasteiger partial charge in [0.2, 0.25) is 10.0 Å². The molecule has 6 heteroatoms. The Morgan fingerprint density at radius 3 is 2.33 bits per heavy atom. The lowest BCUT2D eigenvalue weighted by Gasteiger charge is -2.22. The van der Waals surface area contributed by atoms with Crippen LogP contribution in [0.3, 0.4) is 0 Å². The van der Waals surface area contributed by atoms with Crippen molar-refractivity contribution in [2.75, 3.05) is 24.7 Å². The highest BCUT2D eigenvalue weighted by atomic mass is 32.2. The minimum Gasteiger partial charge on any atom is -0.399 e. The molecule has 0 bridgehead atoms. The number of rotatable bonds is 5. The van der Waals surface area contributed by atoms with E-state index in [9.17, 15) is 8.42 Å². The molecule has 0 amide bonds. The Labute approximate surface area is 125 Å². The van der Waals surface area contributed by atoms with E-state index in [2.05, 4.69) is 4.72 Å². The van der Waals surface area contributed by atoms with Crippen molar-refractivity contribution < 1.29 is 8.42 Å². The Kier molecular flexibility index (Phi) is 4.50. The number of benzene rings is 2. The van der Waals surface area contributed by atoms with E-state index in [4.69, 9.17) is 5.73 Å². The van der Waals surface area contributed by atoms with Crippen LogP contribution in [-0.4, -0.2) is 22.5 Å². The maximum atomic E-state index is 12.1. The summed E-state index contributed by atoms with van der Waals surface area (Å²) in [5, 5.41) is 0. The van der Waals surface area contributed by atoms with Crippen LogP contribution in [0.25, 0.3) is 0 Å². The number of anilines is 2. The van der Waals surface area contributed by atoms with E-state index in [0.717, 1.165) is 5.56 Å². The van der Waals surface area contributed by atoms with Gasteiger partial charge in [0, 0.05) is 19.3 Å². The standard InChI is InChI=1S/C15H19N3O2S/c1-17-21(19,20)15-6-4-3-5-14(15)18(2)11-12-7-9-13(16)10-8-12/h3-10,17H,11,16H2,1-2H3. The molecule has 2 rings (SSSR count). The molecule has 0 aliphatic rings. The van der Waals surface area contributed by atoms with Crippen LogP contribution in [0.15, 0.2) is 53.4 Å². The second kappa shape index (κ2) is 6.15. The topological polar surface area (TPSA) is 75.4 Å². The molecule has 0 fully saturated rings. The van der Waals surface area contributed by atoms with Gasteiger partial charge in [0.05, 0.1) is 5.69 Å². The van der Waals surface area contributed by atoms with E-state index in [-0.39, 0.29) is 4.90 Å². The molecule has 0 aliphatic heterocycles. The Morgan fingerprint density at radius 1 is 1.10 bits per heavy atom. The molecule has 3 N–H and O–H groups in total. The summed E-state index contributed by atoms with van der Waals surface area (Å²) in [4.78, 5) is 2.17. The lowest BCUT2D eigenvalue weighted by atomic mass is 10.2. The predicted molar refractivity (Wildman–Crippen MR) is 85.6 cm³/mol. The molecular formula is C15H19N3O2S. The lowest BCUT2D eigenvalue weighted by Crippen LogP contribution is -2.24. The Morgan fingerprint density at radius 2 is 1.71 bits per heavy atom. The van der Waals surface area contributed by atoms with Crippen molar-refractivity contribution in [3.63, 3.8) is 0 Å². The highest BCUT2D eigenvalue weighted by molar-refractivity contribution is 7.89. The van der Waals surface area contributed by atoms with Crippen LogP contribution in [0.2, 0.25) is 0 Å². The summed E-state index contributed by atoms with van der Waals surface area (Å²) in [7, 11) is -0.214. The Hall–Kier alpha value is -2.05. The molecule has 112 valence electrons. The van der Waals surface area contributed by atoms with Gasteiger partial charge in [0.15, 0.2) is 0 Å². The first-order chi connectivity index (χ1) is 9.94. The van der Waals surface area contributed by atoms with Crippen molar-refractivity contribution >= 4 is 21.4 Å². The van der Waals surface area contributed by atoms with Gasteiger partial charge in [-0.05, 0) is 36.9 Å². The van der Waals surface area contributed by atoms with Crippen molar-refractivity contribution in [3.8, 4) is 0 Å². The number of nitrogens with two attached hydrogens (primary N) is 1. The van der Waals surface area contributed by atoms with E-state index >= 15 is 0 Å². The Bertz CT molecular complexity index is 712. The number of hydrogen-bond acceptors (Lipinski definition) is 4. The van der Waals surface area contributed by atoms with Gasteiger partial charge >= 0.3 is 0 Å². The molecule has 0 saturated heterocycles. The third-order valence-corrected chi connectivity index (χ3v) is 4.70. The van der Waals surface area contributed by atoms with Crippen molar-refractivity contribution in [1.29, 1.82) is 0 Å². The van der Waals surface area contributed by atoms with E-state index in [0.29, 0.717) is 17.9 Å². The van der Waals surface area contributed by atoms with Crippen LogP contribution in [0.4, 0.5) is 11.4 Å². The molecule has 2 aromatic rings. The molecule has 0 heterocycles. The number of nitrogens with one attached hydrogen (secondary N) is 1. The summed E-state index contributed by atoms with van der Waals surface area (Å²) in [5.74, 6) is 0. The number of nitrogen functional groups attached to an aromatic ring is 1. The number of nitrogens with zero attached hydrogens (tertiary/aromatic N) is 1. The van der Waals surface area contributed by atoms with Crippen LogP contribution < -0.4 is 15.4 Å². The summed E-state index contributed by atoms with van der Waals surface area (Å²) in [5.41, 5.74) is 8.09. The zero-order chi connectivity index (χ0) is 15.5. The summed E-state index contributed by atoms with van der Waals surface area (Å²) >= 11 is 0. The quantitative estimate of drug-likeness (QED) is 0.826. The van der Waals surface area contributed by atoms with Crippen molar-refractivity contribution in [2.24, 2.45) is 0 Å². The largest absolute Gasteiger partial charge is 0.399 e. The molecule has 0 radical (unpaired) electrons. The first-order valence-electron chi connectivity index (χ1n) is 6.52. The zero-order valence-corrected chi connectivity index (χ0v) is 12.9. The average Bonchev–Trinajstić information content (AvgIpc) is 2.49. The van der Waals surface area contributed by atoms with E-state index in [1.54, 1.807) is 18.2 Å². The second-order valence-corrected chi connectivity index (χ2v) is 6.63. The van der Waals surface area contributed by atoms with E-state index in [1.807, 2.05) is 42.3 Å². The maximum Gasteiger partial charge on any atom is 0.242 e. The molecule has 0 spiro atoms. The average molecular weight is 305 g/mol. The first kappa shape index (κ1) is 15.3. The fraction of sp³-hybridized carbons (Fsp3) is 0.200. The second-order valence-electron chi connectivity index (χ2n) is 4.77. The molecule has 0 saturated carbocycles. The van der Waals surface area contributed by atoms with Gasteiger partial charge in [0.25, 0.3) is 0 Å². The predicted octanol–water partition coefficient (Wildman–Crippen LogP) is 1.81. The SMILES string of the molecule is CNS(=O)(=O)c1ccccc1N(C)Cc1ccc(N)cc1. The van der Waals surface area contributed by atoms with Crippen LogP contribution >= 0.6 is 0 Å². The summed E-state index contributed by atoms with van der Waals surface area (Å²) < 4.78 is 26.5. The number of sulfonamides is 1. The third kappa shape index (κ3) is 3.53. The van der Waals surface area contributed by atoms with Crippen molar-refractivity contribution in [1.82, 2.24) is 4.72 Å². The van der Waals surface area contributed by atoms with Crippen LogP contribution in [0, 0.1) is 0 Å². The summed E-state index contributed by atoms with van der Waals surface area (Å²) in [6, 6.07) is 14.5. The van der Waals surface area contributed by atoms with Gasteiger partial charge in [-0.2, -0.15) is 0 Å². The maximum absolute atomic E-state index is 12.1. The first-order valence-corrected chi connectivity index (χ1v) is 8.00. The highest BCUT2D eigenvalue weighted by Crippen LogP contribution is 2.25. The van der Waals surface area contributed by atoms with Gasteiger partial charge in [-0.25, -0.2) is 13.1 Å². The molecule has 0 aromatic heterocycles. The summed E-state index contributed by atoms with van der Waals surface area (Å²) in [6.07, 6.45) is 0. The van der Waals surface area contributed by atoms with Gasteiger partial charge in [-0.1, -0.05) is 24.3 Å². The Balaban J connectivity index is 2.31. The van der Waals surface area contributed by atoms with Crippen molar-refractivity contribution in [3.05, 3.63) is 54.1 Å². The monoisotopic (exact) mass is 305 g/mol. The lowest BCUT2D eigenvalue weighted by molar-refractivity contribution is 0.588. The van der Waals surface area contributed by atoms with Gasteiger partial charge < -0.3 is 10.6 Å². The fourth-order valence-corrected chi connectivity index (χ4v) is 3.07. The number of para-hydroxylation sites is 1. The van der Waals surface area contributed by atoms with Gasteiger partial charge in [0.1, 0.15) is 4.90 Å². The minimum atomic E-state index is -3.48. The zero-order valence-electron chi connectivity index (χ0n) is 12.1. The van der Waals surface area contributed by atoms with E-state index in [1.165, 1.54) is 7.05 Å². The summed E-state index contributed by atoms with van der Waals surface area (Å²) in [6.45, 7) is 0.594. The fourth-order valence-electron chi connectivity index (χ4n) is 2.09. The van der Waals surface area contributed by atoms with Crippen LogP contribution in [0.5, 0.6) is 0 Å². The molecule has 0 aliphatic carbocycles. The van der Waals surface area contributed by atoms with Crippen molar-refractivity contribution in [2.45, 2.75) is 11.4 Å². The third-order valence-electron chi connectivity index (χ3n) is 3.23. The molecule has 0 atom stereocenters. The molecule has 5 nitrogen and oxygen atoms in total. The molecule has 2 aromatic carbocycles. The van der Waals surface area contributed by atoms with E-state index < -0.39 is 10.0 Å². The molecular weight excluding hydrogens is 286 g/mol. The molecule has 21 heavy (non-hydrogen) atoms. The van der Waals surface area contributed by atoms with Gasteiger partial charge in [-0.15, -0.1) is 0 Å². The normalized spacial score (nSPS) is 11.3. The van der Waals surface area contributed by atoms with Gasteiger partial charge in [-0.3, -0.25) is 0 Å². The highest BCUT2D eigenvalue weighted by Gasteiger charge is 2.18. The van der Waals surface area contributed by atoms with Crippen LogP contribution in [0.1, 0.15) is 5.56 Å². The molecule has 0 unspecified atom stereocenters. The minimum absolute atomic E-state index is 0.269. The number of hydrogen-bond donors (Lipinski definition) is 2. The smallest absolute Gasteiger partial charge is 0.242 e. The van der Waals surface area contributed by atoms with Crippen LogP contribution in [-0.2, 0) is 16.6 Å².